The van der Waals surface area contributed by atoms with E-state index in [1.807, 2.05) is 18.4 Å². The molecule has 0 amide bonds. The van der Waals surface area contributed by atoms with E-state index in [0.717, 1.165) is 16.4 Å². The fourth-order valence-corrected chi connectivity index (χ4v) is 3.54. The quantitative estimate of drug-likeness (QED) is 0.544. The van der Waals surface area contributed by atoms with Crippen molar-refractivity contribution in [3.8, 4) is 0 Å². The van der Waals surface area contributed by atoms with Crippen molar-refractivity contribution in [3.05, 3.63) is 38.6 Å². The SMILES string of the molecule is COC(=O)CCn1c(C)cc(C(=O)COC(=O)c2sc(C)nc2C)c1C. The first-order valence-corrected chi connectivity index (χ1v) is 8.94. The highest BCUT2D eigenvalue weighted by Gasteiger charge is 2.20. The standard InChI is InChI=1S/C18H22N2O5S/c1-10-8-14(12(3)20(10)7-6-16(22)24-5)15(21)9-25-18(23)17-11(2)19-13(4)26-17/h8H,6-7,9H2,1-5H3. The summed E-state index contributed by atoms with van der Waals surface area (Å²) < 4.78 is 11.7. The number of aryl methyl sites for hydroxylation is 3. The highest BCUT2D eigenvalue weighted by molar-refractivity contribution is 7.13. The van der Waals surface area contributed by atoms with Crippen molar-refractivity contribution in [2.24, 2.45) is 0 Å². The van der Waals surface area contributed by atoms with Gasteiger partial charge in [-0.1, -0.05) is 0 Å². The number of rotatable bonds is 7. The molecule has 2 aromatic rings. The van der Waals surface area contributed by atoms with Crippen LogP contribution in [0.5, 0.6) is 0 Å². The molecule has 8 heteroatoms. The smallest absolute Gasteiger partial charge is 0.350 e. The molecule has 0 radical (unpaired) electrons. The number of hydrogen-bond donors (Lipinski definition) is 0. The van der Waals surface area contributed by atoms with Crippen LogP contribution < -0.4 is 0 Å². The van der Waals surface area contributed by atoms with Crippen LogP contribution >= 0.6 is 11.3 Å². The van der Waals surface area contributed by atoms with Crippen molar-refractivity contribution < 1.29 is 23.9 Å². The second kappa shape index (κ2) is 8.27. The summed E-state index contributed by atoms with van der Waals surface area (Å²) in [5.41, 5.74) is 2.68. The van der Waals surface area contributed by atoms with Gasteiger partial charge in [0.25, 0.3) is 0 Å². The number of ether oxygens (including phenoxy) is 2. The van der Waals surface area contributed by atoms with Gasteiger partial charge in [0.1, 0.15) is 4.88 Å². The Hall–Kier alpha value is -2.48. The van der Waals surface area contributed by atoms with E-state index >= 15 is 0 Å². The van der Waals surface area contributed by atoms with Crippen LogP contribution in [0.3, 0.4) is 0 Å². The molecule has 0 aromatic carbocycles. The van der Waals surface area contributed by atoms with Gasteiger partial charge in [0.05, 0.1) is 24.2 Å². The van der Waals surface area contributed by atoms with Crippen molar-refractivity contribution in [2.45, 2.75) is 40.7 Å². The van der Waals surface area contributed by atoms with E-state index in [0.29, 0.717) is 22.7 Å². The van der Waals surface area contributed by atoms with Crippen LogP contribution in [0.15, 0.2) is 6.07 Å². The van der Waals surface area contributed by atoms with Gasteiger partial charge in [-0.2, -0.15) is 0 Å². The molecule has 0 aliphatic carbocycles. The first kappa shape index (κ1) is 19.8. The highest BCUT2D eigenvalue weighted by atomic mass is 32.1. The topological polar surface area (TPSA) is 87.5 Å². The number of carbonyl (C=O) groups excluding carboxylic acids is 3. The van der Waals surface area contributed by atoms with Crippen molar-refractivity contribution in [2.75, 3.05) is 13.7 Å². The molecule has 2 aromatic heterocycles. The summed E-state index contributed by atoms with van der Waals surface area (Å²) in [6, 6.07) is 1.74. The molecule has 0 saturated heterocycles. The lowest BCUT2D eigenvalue weighted by molar-refractivity contribution is -0.140. The highest BCUT2D eigenvalue weighted by Crippen LogP contribution is 2.19. The normalized spacial score (nSPS) is 10.7. The minimum Gasteiger partial charge on any atom is -0.469 e. The molecule has 0 aliphatic rings. The Morgan fingerprint density at radius 2 is 1.88 bits per heavy atom. The van der Waals surface area contributed by atoms with Gasteiger partial charge in [-0.3, -0.25) is 9.59 Å². The third-order valence-electron chi connectivity index (χ3n) is 4.06. The van der Waals surface area contributed by atoms with E-state index in [1.54, 1.807) is 19.9 Å². The predicted molar refractivity (Wildman–Crippen MR) is 96.7 cm³/mol. The predicted octanol–water partition coefficient (Wildman–Crippen LogP) is 2.78. The average molecular weight is 378 g/mol. The van der Waals surface area contributed by atoms with Crippen LogP contribution in [0.1, 0.15) is 48.5 Å². The van der Waals surface area contributed by atoms with E-state index in [2.05, 4.69) is 9.72 Å². The summed E-state index contributed by atoms with van der Waals surface area (Å²) in [6.07, 6.45) is 0.222. The summed E-state index contributed by atoms with van der Waals surface area (Å²) in [5.74, 6) is -1.13. The van der Waals surface area contributed by atoms with Crippen LogP contribution in [0, 0.1) is 27.7 Å². The van der Waals surface area contributed by atoms with Crippen molar-refractivity contribution >= 4 is 29.1 Å². The molecule has 0 saturated carbocycles. The molecule has 7 nitrogen and oxygen atoms in total. The first-order valence-electron chi connectivity index (χ1n) is 8.12. The molecular weight excluding hydrogens is 356 g/mol. The molecule has 140 valence electrons. The molecule has 0 N–H and O–H groups in total. The fourth-order valence-electron chi connectivity index (χ4n) is 2.73. The molecule has 2 rings (SSSR count). The Kier molecular flexibility index (Phi) is 6.31. The van der Waals surface area contributed by atoms with E-state index < -0.39 is 5.97 Å². The Morgan fingerprint density at radius 1 is 1.19 bits per heavy atom. The van der Waals surface area contributed by atoms with E-state index in [9.17, 15) is 14.4 Å². The van der Waals surface area contributed by atoms with E-state index in [-0.39, 0.29) is 24.8 Å². The van der Waals surface area contributed by atoms with E-state index in [1.165, 1.54) is 18.4 Å². The molecule has 0 atom stereocenters. The fraction of sp³-hybridized carbons (Fsp3) is 0.444. The maximum absolute atomic E-state index is 12.5. The number of carbonyl (C=O) groups is 3. The van der Waals surface area contributed by atoms with Crippen LogP contribution in [0.2, 0.25) is 0 Å². The summed E-state index contributed by atoms with van der Waals surface area (Å²) >= 11 is 1.25. The Balaban J connectivity index is 2.04. The van der Waals surface area contributed by atoms with Gasteiger partial charge in [-0.15, -0.1) is 11.3 Å². The minimum absolute atomic E-state index is 0.222. The zero-order valence-electron chi connectivity index (χ0n) is 15.5. The lowest BCUT2D eigenvalue weighted by Crippen LogP contribution is -2.15. The first-order chi connectivity index (χ1) is 12.2. The average Bonchev–Trinajstić information content (AvgIpc) is 3.08. The van der Waals surface area contributed by atoms with Gasteiger partial charge in [0, 0.05) is 23.5 Å². The zero-order chi connectivity index (χ0) is 19.4. The number of aromatic nitrogens is 2. The molecular formula is C18H22N2O5S. The summed E-state index contributed by atoms with van der Waals surface area (Å²) in [4.78, 5) is 40.5. The second-order valence-electron chi connectivity index (χ2n) is 5.91. The van der Waals surface area contributed by atoms with Crippen LogP contribution in [-0.2, 0) is 20.8 Å². The number of methoxy groups -OCH3 is 1. The summed E-state index contributed by atoms with van der Waals surface area (Å²) in [5, 5.41) is 0.773. The number of hydrogen-bond acceptors (Lipinski definition) is 7. The van der Waals surface area contributed by atoms with E-state index in [4.69, 9.17) is 4.74 Å². The van der Waals surface area contributed by atoms with Gasteiger partial charge >= 0.3 is 11.9 Å². The Labute approximate surface area is 155 Å². The van der Waals surface area contributed by atoms with Crippen molar-refractivity contribution in [1.82, 2.24) is 9.55 Å². The second-order valence-corrected chi connectivity index (χ2v) is 7.11. The van der Waals surface area contributed by atoms with Gasteiger partial charge in [0.15, 0.2) is 6.61 Å². The molecule has 0 unspecified atom stereocenters. The number of esters is 2. The van der Waals surface area contributed by atoms with Crippen molar-refractivity contribution in [1.29, 1.82) is 0 Å². The maximum Gasteiger partial charge on any atom is 0.350 e. The van der Waals surface area contributed by atoms with Gasteiger partial charge in [-0.05, 0) is 33.8 Å². The van der Waals surface area contributed by atoms with Crippen LogP contribution in [0.25, 0.3) is 0 Å². The number of Topliss-reactive ketones (excluding diaryl/α,β-unsaturated/α-hetero) is 1. The lowest BCUT2D eigenvalue weighted by atomic mass is 10.1. The van der Waals surface area contributed by atoms with Crippen LogP contribution in [-0.4, -0.2) is 41.0 Å². The Bertz CT molecular complexity index is 850. The third kappa shape index (κ3) is 4.37. The van der Waals surface area contributed by atoms with Gasteiger partial charge in [0.2, 0.25) is 5.78 Å². The maximum atomic E-state index is 12.5. The van der Waals surface area contributed by atoms with Gasteiger partial charge in [-0.25, -0.2) is 9.78 Å². The number of thiazole rings is 1. The summed E-state index contributed by atoms with van der Waals surface area (Å²) in [7, 11) is 1.34. The molecule has 0 bridgehead atoms. The lowest BCUT2D eigenvalue weighted by Gasteiger charge is -2.09. The number of ketones is 1. The zero-order valence-corrected chi connectivity index (χ0v) is 16.4. The molecule has 2 heterocycles. The minimum atomic E-state index is -0.541. The molecule has 0 aliphatic heterocycles. The third-order valence-corrected chi connectivity index (χ3v) is 5.12. The molecule has 26 heavy (non-hydrogen) atoms. The van der Waals surface area contributed by atoms with Gasteiger partial charge < -0.3 is 14.0 Å². The monoisotopic (exact) mass is 378 g/mol. The summed E-state index contributed by atoms with van der Waals surface area (Å²) in [6.45, 7) is 7.29. The number of nitrogens with zero attached hydrogens (tertiary/aromatic N) is 2. The molecule has 0 spiro atoms. The molecule has 0 fully saturated rings. The van der Waals surface area contributed by atoms with Crippen LogP contribution in [0.4, 0.5) is 0 Å². The van der Waals surface area contributed by atoms with Crippen molar-refractivity contribution in [3.63, 3.8) is 0 Å². The largest absolute Gasteiger partial charge is 0.469 e. The Morgan fingerprint density at radius 3 is 2.46 bits per heavy atom.